The minimum Gasteiger partial charge on any atom is -0.372 e. The molecule has 0 spiro atoms. The number of rotatable bonds is 4. The first-order valence-electron chi connectivity index (χ1n) is 10.5. The van der Waals surface area contributed by atoms with Gasteiger partial charge in [0, 0.05) is 28.7 Å². The summed E-state index contributed by atoms with van der Waals surface area (Å²) in [6, 6.07) is 9.05. The molecule has 1 amide bonds. The molecule has 1 heterocycles. The molecule has 3 unspecified atom stereocenters. The fourth-order valence-electron chi connectivity index (χ4n) is 4.87. The van der Waals surface area contributed by atoms with Crippen LogP contribution >= 0.6 is 23.2 Å². The number of alkyl halides is 3. The number of carbonyl (C=O) groups is 1. The van der Waals surface area contributed by atoms with E-state index in [2.05, 4.69) is 5.32 Å². The Morgan fingerprint density at radius 1 is 1.22 bits per heavy atom. The maximum absolute atomic E-state index is 14.4. The topological polar surface area (TPSA) is 52.6 Å². The molecule has 2 aromatic carbocycles. The number of hydrogen-bond donors (Lipinski definition) is 2. The smallest absolute Gasteiger partial charge is 0.372 e. The molecule has 1 fully saturated rings. The van der Waals surface area contributed by atoms with Gasteiger partial charge in [-0.3, -0.25) is 4.79 Å². The highest BCUT2D eigenvalue weighted by Crippen LogP contribution is 2.52. The molecular formula is C23H23Cl2F3N2O2. The highest BCUT2D eigenvalue weighted by molar-refractivity contribution is 6.34. The van der Waals surface area contributed by atoms with Gasteiger partial charge in [-0.15, -0.1) is 0 Å². The number of amides is 1. The second-order valence-corrected chi connectivity index (χ2v) is 9.21. The average molecular weight is 487 g/mol. The van der Waals surface area contributed by atoms with Crippen LogP contribution in [-0.4, -0.2) is 30.0 Å². The summed E-state index contributed by atoms with van der Waals surface area (Å²) in [5.41, 5.74) is -0.226. The first-order valence-corrected chi connectivity index (χ1v) is 11.2. The number of fused-ring (bicyclic) bond motifs is 1. The molecule has 1 aliphatic carbocycles. The highest BCUT2D eigenvalue weighted by Gasteiger charge is 2.65. The van der Waals surface area contributed by atoms with Crippen molar-refractivity contribution in [2.24, 2.45) is 0 Å². The van der Waals surface area contributed by atoms with Gasteiger partial charge in [0.15, 0.2) is 0 Å². The number of hydrogen-bond acceptors (Lipinski definition) is 3. The number of nitrogens with zero attached hydrogens (tertiary/aromatic N) is 1. The molecule has 0 bridgehead atoms. The third-order valence-corrected chi connectivity index (χ3v) is 7.00. The van der Waals surface area contributed by atoms with Gasteiger partial charge in [0.1, 0.15) is 11.6 Å². The third kappa shape index (κ3) is 3.84. The van der Waals surface area contributed by atoms with E-state index in [1.165, 1.54) is 23.1 Å². The Morgan fingerprint density at radius 3 is 2.53 bits per heavy atom. The molecule has 0 radical (unpaired) electrons. The monoisotopic (exact) mass is 486 g/mol. The van der Waals surface area contributed by atoms with E-state index >= 15 is 0 Å². The summed E-state index contributed by atoms with van der Waals surface area (Å²) in [4.78, 5) is 13.1. The van der Waals surface area contributed by atoms with E-state index in [0.29, 0.717) is 18.5 Å². The van der Waals surface area contributed by atoms with Crippen molar-refractivity contribution in [2.75, 3.05) is 11.4 Å². The zero-order chi connectivity index (χ0) is 23.3. The van der Waals surface area contributed by atoms with Gasteiger partial charge in [0.2, 0.25) is 5.91 Å². The summed E-state index contributed by atoms with van der Waals surface area (Å²) in [5.74, 6) is -0.0444. The lowest BCUT2D eigenvalue weighted by Gasteiger charge is -2.37. The van der Waals surface area contributed by atoms with Crippen molar-refractivity contribution in [3.63, 3.8) is 0 Å². The van der Waals surface area contributed by atoms with E-state index in [1.807, 2.05) is 12.1 Å². The molecule has 1 aliphatic heterocycles. The minimum absolute atomic E-state index is 0.0135. The van der Waals surface area contributed by atoms with Gasteiger partial charge in [-0.1, -0.05) is 36.2 Å². The van der Waals surface area contributed by atoms with E-state index in [9.17, 15) is 23.1 Å². The van der Waals surface area contributed by atoms with Crippen molar-refractivity contribution in [2.45, 2.75) is 56.5 Å². The molecule has 172 valence electrons. The predicted molar refractivity (Wildman–Crippen MR) is 118 cm³/mol. The van der Waals surface area contributed by atoms with Crippen LogP contribution in [0.15, 0.2) is 36.4 Å². The van der Waals surface area contributed by atoms with Gasteiger partial charge in [0.25, 0.3) is 0 Å². The van der Waals surface area contributed by atoms with Crippen LogP contribution in [-0.2, 0) is 16.6 Å². The number of benzene rings is 2. The van der Waals surface area contributed by atoms with Gasteiger partial charge in [-0.2, -0.15) is 13.2 Å². The predicted octanol–water partition coefficient (Wildman–Crippen LogP) is 5.54. The van der Waals surface area contributed by atoms with Crippen LogP contribution in [0.1, 0.15) is 48.9 Å². The van der Waals surface area contributed by atoms with E-state index < -0.39 is 17.8 Å². The van der Waals surface area contributed by atoms with Crippen molar-refractivity contribution in [1.29, 1.82) is 0 Å². The van der Waals surface area contributed by atoms with Crippen LogP contribution in [0.5, 0.6) is 0 Å². The summed E-state index contributed by atoms with van der Waals surface area (Å²) < 4.78 is 43.3. The summed E-state index contributed by atoms with van der Waals surface area (Å²) >= 11 is 12.0. The molecule has 0 saturated carbocycles. The van der Waals surface area contributed by atoms with E-state index in [4.69, 9.17) is 23.2 Å². The van der Waals surface area contributed by atoms with Crippen LogP contribution in [0, 0.1) is 0 Å². The normalized spacial score (nSPS) is 25.2. The molecule has 4 nitrogen and oxygen atoms in total. The Hall–Kier alpha value is -1.96. The summed E-state index contributed by atoms with van der Waals surface area (Å²) in [7, 11) is 0. The van der Waals surface area contributed by atoms with Crippen molar-refractivity contribution in [3.8, 4) is 0 Å². The lowest BCUT2D eigenvalue weighted by molar-refractivity contribution is -0.210. The number of nitrogens with one attached hydrogen (secondary N) is 1. The largest absolute Gasteiger partial charge is 0.402 e. The van der Waals surface area contributed by atoms with Gasteiger partial charge in [-0.05, 0) is 66.3 Å². The van der Waals surface area contributed by atoms with Gasteiger partial charge >= 0.3 is 6.18 Å². The number of carbonyl (C=O) groups excluding carboxylic acids is 1. The molecule has 3 atom stereocenters. The van der Waals surface area contributed by atoms with Crippen LogP contribution in [0.4, 0.5) is 18.9 Å². The Kier molecular flexibility index (Phi) is 6.11. The fraction of sp³-hybridized carbons (Fsp3) is 0.435. The third-order valence-electron chi connectivity index (χ3n) is 6.56. The molecular weight excluding hydrogens is 464 g/mol. The summed E-state index contributed by atoms with van der Waals surface area (Å²) in [6.45, 7) is 1.79. The van der Waals surface area contributed by atoms with E-state index in [1.54, 1.807) is 13.0 Å². The second-order valence-electron chi connectivity index (χ2n) is 8.34. The number of halogens is 5. The number of aliphatic hydroxyl groups excluding tert-OH is 1. The van der Waals surface area contributed by atoms with Crippen molar-refractivity contribution < 1.29 is 23.1 Å². The maximum atomic E-state index is 14.4. The standard InChI is InChI=1S/C23H23Cl2F3N2O2/c1-2-20(31)29-19-6-3-13-9-17(4-5-18(13)19)30-8-7-22(21(30)32,23(26,27)28)14-10-15(24)12-16(25)11-14/h4-5,9-12,19,21,32H,2-3,6-8H2,1H3,(H,29,31). The van der Waals surface area contributed by atoms with Crippen molar-refractivity contribution in [3.05, 3.63) is 63.1 Å². The maximum Gasteiger partial charge on any atom is 0.402 e. The van der Waals surface area contributed by atoms with E-state index in [-0.39, 0.29) is 40.5 Å². The lowest BCUT2D eigenvalue weighted by atomic mass is 9.77. The van der Waals surface area contributed by atoms with Crippen LogP contribution in [0.3, 0.4) is 0 Å². The van der Waals surface area contributed by atoms with Gasteiger partial charge in [0.05, 0.1) is 6.04 Å². The number of anilines is 1. The fourth-order valence-corrected chi connectivity index (χ4v) is 5.40. The summed E-state index contributed by atoms with van der Waals surface area (Å²) in [6.07, 6.45) is -5.07. The molecule has 9 heteroatoms. The van der Waals surface area contributed by atoms with Crippen molar-refractivity contribution >= 4 is 34.8 Å². The molecule has 2 aliphatic rings. The lowest BCUT2D eigenvalue weighted by Crippen LogP contribution is -2.52. The molecule has 2 aromatic rings. The quantitative estimate of drug-likeness (QED) is 0.596. The van der Waals surface area contributed by atoms with Crippen molar-refractivity contribution in [1.82, 2.24) is 5.32 Å². The zero-order valence-corrected chi connectivity index (χ0v) is 18.9. The first-order chi connectivity index (χ1) is 15.1. The second kappa shape index (κ2) is 8.43. The average Bonchev–Trinajstić information content (AvgIpc) is 3.28. The Balaban J connectivity index is 1.68. The first kappa shape index (κ1) is 23.2. The highest BCUT2D eigenvalue weighted by atomic mass is 35.5. The Bertz CT molecular complexity index is 1030. The molecule has 1 saturated heterocycles. The molecule has 4 rings (SSSR count). The molecule has 32 heavy (non-hydrogen) atoms. The van der Waals surface area contributed by atoms with E-state index in [0.717, 1.165) is 17.5 Å². The van der Waals surface area contributed by atoms with Gasteiger partial charge in [-0.25, -0.2) is 0 Å². The van der Waals surface area contributed by atoms with Crippen LogP contribution < -0.4 is 10.2 Å². The molecule has 2 N–H and O–H groups in total. The minimum atomic E-state index is -4.72. The SMILES string of the molecule is CCC(=O)NC1CCc2cc(N3CCC(c4cc(Cl)cc(Cl)c4)(C(F)(F)F)C3O)ccc21. The Morgan fingerprint density at radius 2 is 1.91 bits per heavy atom. The van der Waals surface area contributed by atoms with Crippen LogP contribution in [0.25, 0.3) is 0 Å². The number of aliphatic hydroxyl groups is 1. The molecule has 0 aromatic heterocycles. The van der Waals surface area contributed by atoms with Gasteiger partial charge < -0.3 is 15.3 Å². The Labute approximate surface area is 194 Å². The zero-order valence-electron chi connectivity index (χ0n) is 17.3. The summed E-state index contributed by atoms with van der Waals surface area (Å²) in [5, 5.41) is 14.2. The van der Waals surface area contributed by atoms with Crippen LogP contribution in [0.2, 0.25) is 10.0 Å². The number of aryl methyl sites for hydroxylation is 1.